The zero-order valence-electron chi connectivity index (χ0n) is 13.5. The minimum absolute atomic E-state index is 0.126. The lowest BCUT2D eigenvalue weighted by atomic mass is 10.2. The van der Waals surface area contributed by atoms with Crippen molar-refractivity contribution >= 4 is 23.5 Å². The number of benzene rings is 1. The Labute approximate surface area is 148 Å². The van der Waals surface area contributed by atoms with Crippen LogP contribution in [-0.4, -0.2) is 30.5 Å². The molecule has 130 valence electrons. The summed E-state index contributed by atoms with van der Waals surface area (Å²) in [5, 5.41) is 11.2. The molecule has 0 spiro atoms. The summed E-state index contributed by atoms with van der Waals surface area (Å²) in [7, 11) is 0. The van der Waals surface area contributed by atoms with Crippen LogP contribution < -0.4 is 5.32 Å². The van der Waals surface area contributed by atoms with Crippen molar-refractivity contribution in [2.45, 2.75) is 26.4 Å². The summed E-state index contributed by atoms with van der Waals surface area (Å²) in [4.78, 5) is 16.0. The highest BCUT2D eigenvalue weighted by atomic mass is 35.5. The molecule has 0 saturated carbocycles. The molecule has 1 amide bonds. The monoisotopic (exact) mass is 362 g/mol. The van der Waals surface area contributed by atoms with Crippen molar-refractivity contribution in [3.8, 4) is 0 Å². The van der Waals surface area contributed by atoms with E-state index in [1.54, 1.807) is 16.9 Å². The standard InChI is InChI=1S/C16H16ClFN6O/c1-11-5-7-20-24(11)8-6-15(25)21-16-19-10-23(22-16)9-12-13(17)3-2-4-14(12)18/h2-5,7,10H,6,8-9H2,1H3,(H,21,22,25). The maximum Gasteiger partial charge on any atom is 0.248 e. The van der Waals surface area contributed by atoms with Gasteiger partial charge >= 0.3 is 0 Å². The second-order valence-corrected chi connectivity index (χ2v) is 5.87. The van der Waals surface area contributed by atoms with E-state index in [1.807, 2.05) is 13.0 Å². The van der Waals surface area contributed by atoms with E-state index in [4.69, 9.17) is 11.6 Å². The molecule has 9 heteroatoms. The predicted molar refractivity (Wildman–Crippen MR) is 90.7 cm³/mol. The number of anilines is 1. The first-order chi connectivity index (χ1) is 12.0. The molecule has 0 saturated heterocycles. The molecule has 25 heavy (non-hydrogen) atoms. The van der Waals surface area contributed by atoms with Crippen molar-refractivity contribution in [2.24, 2.45) is 0 Å². The molecule has 3 aromatic rings. The number of aryl methyl sites for hydroxylation is 2. The number of carbonyl (C=O) groups excluding carboxylic acids is 1. The number of hydrogen-bond acceptors (Lipinski definition) is 4. The summed E-state index contributed by atoms with van der Waals surface area (Å²) in [6.45, 7) is 2.51. The van der Waals surface area contributed by atoms with E-state index in [2.05, 4.69) is 20.5 Å². The van der Waals surface area contributed by atoms with Crippen molar-refractivity contribution in [1.29, 1.82) is 0 Å². The van der Waals surface area contributed by atoms with Crippen molar-refractivity contribution in [1.82, 2.24) is 24.5 Å². The van der Waals surface area contributed by atoms with Gasteiger partial charge in [0.1, 0.15) is 12.1 Å². The largest absolute Gasteiger partial charge is 0.293 e. The zero-order chi connectivity index (χ0) is 17.8. The van der Waals surface area contributed by atoms with Gasteiger partial charge in [-0.25, -0.2) is 14.1 Å². The molecule has 0 radical (unpaired) electrons. The Morgan fingerprint density at radius 2 is 2.20 bits per heavy atom. The van der Waals surface area contributed by atoms with E-state index in [0.29, 0.717) is 17.1 Å². The third-order valence-electron chi connectivity index (χ3n) is 3.65. The molecule has 0 fully saturated rings. The molecular formula is C16H16ClFN6O. The molecule has 0 bridgehead atoms. The summed E-state index contributed by atoms with van der Waals surface area (Å²) in [6, 6.07) is 6.35. The van der Waals surface area contributed by atoms with Gasteiger partial charge in [-0.05, 0) is 25.1 Å². The maximum atomic E-state index is 13.8. The normalized spacial score (nSPS) is 10.8. The second-order valence-electron chi connectivity index (χ2n) is 5.46. The van der Waals surface area contributed by atoms with Crippen LogP contribution in [0.5, 0.6) is 0 Å². The molecule has 2 heterocycles. The summed E-state index contributed by atoms with van der Waals surface area (Å²) < 4.78 is 17.0. The maximum absolute atomic E-state index is 13.8. The Hall–Kier alpha value is -2.74. The highest BCUT2D eigenvalue weighted by Crippen LogP contribution is 2.19. The number of aromatic nitrogens is 5. The first-order valence-electron chi connectivity index (χ1n) is 7.63. The van der Waals surface area contributed by atoms with Gasteiger partial charge < -0.3 is 0 Å². The van der Waals surface area contributed by atoms with Gasteiger partial charge in [0.2, 0.25) is 11.9 Å². The van der Waals surface area contributed by atoms with Gasteiger partial charge in [0.25, 0.3) is 0 Å². The molecule has 0 atom stereocenters. The summed E-state index contributed by atoms with van der Waals surface area (Å²) in [6.07, 6.45) is 3.34. The summed E-state index contributed by atoms with van der Waals surface area (Å²) >= 11 is 5.99. The number of hydrogen-bond donors (Lipinski definition) is 1. The molecular weight excluding hydrogens is 347 g/mol. The van der Waals surface area contributed by atoms with Crippen LogP contribution in [0.1, 0.15) is 17.7 Å². The van der Waals surface area contributed by atoms with Gasteiger partial charge in [-0.3, -0.25) is 14.8 Å². The fourth-order valence-corrected chi connectivity index (χ4v) is 2.52. The van der Waals surface area contributed by atoms with E-state index in [9.17, 15) is 9.18 Å². The smallest absolute Gasteiger partial charge is 0.248 e. The van der Waals surface area contributed by atoms with E-state index >= 15 is 0 Å². The average Bonchev–Trinajstić information content (AvgIpc) is 3.18. The topological polar surface area (TPSA) is 77.6 Å². The van der Waals surface area contributed by atoms with E-state index in [0.717, 1.165) is 5.69 Å². The fourth-order valence-electron chi connectivity index (χ4n) is 2.30. The van der Waals surface area contributed by atoms with E-state index in [-0.39, 0.29) is 24.8 Å². The van der Waals surface area contributed by atoms with Gasteiger partial charge in [-0.15, -0.1) is 5.10 Å². The Morgan fingerprint density at radius 1 is 1.36 bits per heavy atom. The van der Waals surface area contributed by atoms with Crippen LogP contribution in [0.15, 0.2) is 36.8 Å². The van der Waals surface area contributed by atoms with Gasteiger partial charge in [-0.2, -0.15) is 5.10 Å². The van der Waals surface area contributed by atoms with Crippen molar-refractivity contribution in [3.63, 3.8) is 0 Å². The average molecular weight is 363 g/mol. The number of amides is 1. The molecule has 0 aliphatic carbocycles. The Morgan fingerprint density at radius 3 is 2.92 bits per heavy atom. The molecule has 3 rings (SSSR count). The van der Waals surface area contributed by atoms with Crippen LogP contribution in [-0.2, 0) is 17.9 Å². The SMILES string of the molecule is Cc1ccnn1CCC(=O)Nc1ncn(Cc2c(F)cccc2Cl)n1. The van der Waals surface area contributed by atoms with Gasteiger partial charge in [0.15, 0.2) is 0 Å². The lowest BCUT2D eigenvalue weighted by Gasteiger charge is -2.05. The van der Waals surface area contributed by atoms with Crippen LogP contribution in [0.2, 0.25) is 5.02 Å². The molecule has 0 unspecified atom stereocenters. The first kappa shape index (κ1) is 17.1. The molecule has 0 aliphatic heterocycles. The third-order valence-corrected chi connectivity index (χ3v) is 4.00. The van der Waals surface area contributed by atoms with Gasteiger partial charge in [0.05, 0.1) is 6.54 Å². The Bertz CT molecular complexity index is 870. The quantitative estimate of drug-likeness (QED) is 0.731. The summed E-state index contributed by atoms with van der Waals surface area (Å²) in [5.41, 5.74) is 1.30. The van der Waals surface area contributed by atoms with Crippen molar-refractivity contribution < 1.29 is 9.18 Å². The molecule has 0 aliphatic rings. The lowest BCUT2D eigenvalue weighted by molar-refractivity contribution is -0.116. The minimum atomic E-state index is -0.414. The Balaban J connectivity index is 1.58. The fraction of sp³-hybridized carbons (Fsp3) is 0.250. The van der Waals surface area contributed by atoms with E-state index < -0.39 is 5.82 Å². The van der Waals surface area contributed by atoms with Crippen LogP contribution in [0, 0.1) is 12.7 Å². The number of nitrogens with zero attached hydrogens (tertiary/aromatic N) is 5. The summed E-state index contributed by atoms with van der Waals surface area (Å²) in [5.74, 6) is -0.477. The highest BCUT2D eigenvalue weighted by molar-refractivity contribution is 6.31. The number of carbonyl (C=O) groups is 1. The lowest BCUT2D eigenvalue weighted by Crippen LogP contribution is -2.16. The minimum Gasteiger partial charge on any atom is -0.293 e. The molecule has 1 N–H and O–H groups in total. The van der Waals surface area contributed by atoms with Gasteiger partial charge in [-0.1, -0.05) is 17.7 Å². The molecule has 7 nitrogen and oxygen atoms in total. The second kappa shape index (κ2) is 7.43. The van der Waals surface area contributed by atoms with Crippen LogP contribution in [0.25, 0.3) is 0 Å². The van der Waals surface area contributed by atoms with E-state index in [1.165, 1.54) is 23.1 Å². The first-order valence-corrected chi connectivity index (χ1v) is 8.01. The number of rotatable bonds is 6. The zero-order valence-corrected chi connectivity index (χ0v) is 14.2. The van der Waals surface area contributed by atoms with Crippen LogP contribution in [0.3, 0.4) is 0 Å². The number of nitrogens with one attached hydrogen (secondary N) is 1. The molecule has 1 aromatic carbocycles. The van der Waals surface area contributed by atoms with Gasteiger partial charge in [0, 0.05) is 35.4 Å². The van der Waals surface area contributed by atoms with Crippen LogP contribution >= 0.6 is 11.6 Å². The predicted octanol–water partition coefficient (Wildman–Crippen LogP) is 2.65. The molecule has 2 aromatic heterocycles. The van der Waals surface area contributed by atoms with Crippen molar-refractivity contribution in [3.05, 3.63) is 58.9 Å². The highest BCUT2D eigenvalue weighted by Gasteiger charge is 2.11. The van der Waals surface area contributed by atoms with Crippen molar-refractivity contribution in [2.75, 3.05) is 5.32 Å². The number of halogens is 2. The third kappa shape index (κ3) is 4.21. The Kier molecular flexibility index (Phi) is 5.08. The van der Waals surface area contributed by atoms with Crippen LogP contribution in [0.4, 0.5) is 10.3 Å².